The van der Waals surface area contributed by atoms with Gasteiger partial charge in [-0.1, -0.05) is 25.6 Å². The predicted octanol–water partition coefficient (Wildman–Crippen LogP) is 2.04. The summed E-state index contributed by atoms with van der Waals surface area (Å²) in [5.74, 6) is 0.692. The molecule has 0 bridgehead atoms. The van der Waals surface area contributed by atoms with Crippen molar-refractivity contribution >= 4 is 0 Å². The van der Waals surface area contributed by atoms with Crippen LogP contribution in [-0.4, -0.2) is 11.4 Å². The minimum absolute atomic E-state index is 0. The Morgan fingerprint density at radius 2 is 1.82 bits per heavy atom. The van der Waals surface area contributed by atoms with Crippen LogP contribution < -0.4 is 4.74 Å². The quantitative estimate of drug-likeness (QED) is 0.660. The number of ether oxygens (including phenoxy) is 1. The molecule has 0 radical (unpaired) electrons. The fraction of sp³-hybridized carbons (Fsp3) is 0.333. The van der Waals surface area contributed by atoms with Crippen LogP contribution in [0.3, 0.4) is 0 Å². The minimum Gasteiger partial charge on any atom is -0.465 e. The summed E-state index contributed by atoms with van der Waals surface area (Å²) in [5.41, 5.74) is 0. The van der Waals surface area contributed by atoms with E-state index in [0.717, 1.165) is 0 Å². The van der Waals surface area contributed by atoms with E-state index in [-0.39, 0.29) is 7.43 Å². The molecule has 1 atom stereocenters. The summed E-state index contributed by atoms with van der Waals surface area (Å²) >= 11 is 0. The van der Waals surface area contributed by atoms with Gasteiger partial charge in [-0.2, -0.15) is 0 Å². The molecule has 0 aliphatic rings. The summed E-state index contributed by atoms with van der Waals surface area (Å²) in [4.78, 5) is 0. The lowest BCUT2D eigenvalue weighted by atomic mass is 10.3. The predicted molar refractivity (Wildman–Crippen MR) is 45.5 cm³/mol. The van der Waals surface area contributed by atoms with Crippen molar-refractivity contribution in [3.63, 3.8) is 0 Å². The van der Waals surface area contributed by atoms with Crippen LogP contribution in [0.4, 0.5) is 0 Å². The maximum atomic E-state index is 8.78. The zero-order chi connectivity index (χ0) is 7.40. The minimum atomic E-state index is -0.734. The molecule has 0 spiro atoms. The lowest BCUT2D eigenvalue weighted by molar-refractivity contribution is -0.000286. The van der Waals surface area contributed by atoms with Crippen molar-refractivity contribution in [3.8, 4) is 5.75 Å². The molecule has 0 amide bonds. The maximum Gasteiger partial charge on any atom is 0.194 e. The van der Waals surface area contributed by atoms with Gasteiger partial charge in [0.15, 0.2) is 6.29 Å². The van der Waals surface area contributed by atoms with Crippen molar-refractivity contribution in [2.45, 2.75) is 20.6 Å². The number of aliphatic hydroxyl groups excluding tert-OH is 1. The highest BCUT2D eigenvalue weighted by Gasteiger charge is 1.94. The zero-order valence-corrected chi connectivity index (χ0v) is 5.82. The Bertz CT molecular complexity index is 182. The van der Waals surface area contributed by atoms with Gasteiger partial charge < -0.3 is 9.84 Å². The Labute approximate surface area is 67.4 Å². The first-order valence-corrected chi connectivity index (χ1v) is 3.19. The topological polar surface area (TPSA) is 29.5 Å². The Hall–Kier alpha value is -1.02. The van der Waals surface area contributed by atoms with Gasteiger partial charge in [-0.15, -0.1) is 0 Å². The molecule has 0 aliphatic heterocycles. The fourth-order valence-electron chi connectivity index (χ4n) is 0.696. The normalized spacial score (nSPS) is 11.5. The van der Waals surface area contributed by atoms with Crippen LogP contribution in [0.25, 0.3) is 0 Å². The Balaban J connectivity index is 0.000001000. The molecule has 1 rings (SSSR count). The van der Waals surface area contributed by atoms with Gasteiger partial charge >= 0.3 is 0 Å². The fourth-order valence-corrected chi connectivity index (χ4v) is 0.696. The number of hydrogen-bond donors (Lipinski definition) is 1. The van der Waals surface area contributed by atoms with Crippen LogP contribution in [0.2, 0.25) is 0 Å². The van der Waals surface area contributed by atoms with E-state index < -0.39 is 6.29 Å². The van der Waals surface area contributed by atoms with Gasteiger partial charge in [0.05, 0.1) is 0 Å². The summed E-state index contributed by atoms with van der Waals surface area (Å²) in [6, 6.07) is 9.21. The van der Waals surface area contributed by atoms with E-state index in [0.29, 0.717) is 5.75 Å². The van der Waals surface area contributed by atoms with E-state index in [1.807, 2.05) is 18.2 Å². The summed E-state index contributed by atoms with van der Waals surface area (Å²) in [6.07, 6.45) is -0.734. The molecule has 0 fully saturated rings. The maximum absolute atomic E-state index is 8.78. The van der Waals surface area contributed by atoms with Gasteiger partial charge in [0.25, 0.3) is 0 Å². The van der Waals surface area contributed by atoms with Crippen LogP contribution in [0.1, 0.15) is 14.4 Å². The molecule has 2 nitrogen and oxygen atoms in total. The molecule has 0 heterocycles. The van der Waals surface area contributed by atoms with Gasteiger partial charge in [-0.05, 0) is 19.1 Å². The van der Waals surface area contributed by atoms with E-state index in [4.69, 9.17) is 9.84 Å². The van der Waals surface area contributed by atoms with Gasteiger partial charge in [0.1, 0.15) is 5.75 Å². The van der Waals surface area contributed by atoms with Crippen LogP contribution in [0.15, 0.2) is 30.3 Å². The van der Waals surface area contributed by atoms with E-state index in [1.54, 1.807) is 19.1 Å². The van der Waals surface area contributed by atoms with E-state index >= 15 is 0 Å². The van der Waals surface area contributed by atoms with Gasteiger partial charge in [0, 0.05) is 0 Å². The molecule has 1 N–H and O–H groups in total. The SMILES string of the molecule is C.CC(O)Oc1ccccc1. The molecule has 2 heteroatoms. The number of para-hydroxylation sites is 1. The molecule has 0 saturated carbocycles. The second kappa shape index (κ2) is 4.74. The van der Waals surface area contributed by atoms with Crippen molar-refractivity contribution in [2.75, 3.05) is 0 Å². The summed E-state index contributed by atoms with van der Waals surface area (Å²) < 4.78 is 4.97. The van der Waals surface area contributed by atoms with Gasteiger partial charge in [-0.25, -0.2) is 0 Å². The molecule has 1 aromatic rings. The van der Waals surface area contributed by atoms with Crippen LogP contribution >= 0.6 is 0 Å². The largest absolute Gasteiger partial charge is 0.465 e. The molecular weight excluding hydrogens is 140 g/mol. The molecule has 0 aromatic heterocycles. The van der Waals surface area contributed by atoms with Crippen molar-refractivity contribution in [2.24, 2.45) is 0 Å². The first kappa shape index (κ1) is 9.98. The number of hydrogen-bond acceptors (Lipinski definition) is 2. The number of rotatable bonds is 2. The summed E-state index contributed by atoms with van der Waals surface area (Å²) in [7, 11) is 0. The highest BCUT2D eigenvalue weighted by Crippen LogP contribution is 2.08. The van der Waals surface area contributed by atoms with Crippen molar-refractivity contribution in [1.82, 2.24) is 0 Å². The summed E-state index contributed by atoms with van der Waals surface area (Å²) in [6.45, 7) is 1.58. The van der Waals surface area contributed by atoms with Crippen LogP contribution in [-0.2, 0) is 0 Å². The molecule has 0 aliphatic carbocycles. The van der Waals surface area contributed by atoms with Crippen molar-refractivity contribution < 1.29 is 9.84 Å². The Morgan fingerprint density at radius 1 is 1.27 bits per heavy atom. The Morgan fingerprint density at radius 3 is 2.27 bits per heavy atom. The van der Waals surface area contributed by atoms with Gasteiger partial charge in [-0.3, -0.25) is 0 Å². The first-order chi connectivity index (χ1) is 4.79. The van der Waals surface area contributed by atoms with Crippen LogP contribution in [0, 0.1) is 0 Å². The molecule has 11 heavy (non-hydrogen) atoms. The first-order valence-electron chi connectivity index (χ1n) is 3.19. The molecule has 1 unspecified atom stereocenters. The lowest BCUT2D eigenvalue weighted by Gasteiger charge is -2.06. The van der Waals surface area contributed by atoms with E-state index in [1.165, 1.54) is 0 Å². The second-order valence-corrected chi connectivity index (χ2v) is 2.03. The smallest absolute Gasteiger partial charge is 0.194 e. The standard InChI is InChI=1S/C8H10O2.CH4/c1-7(9)10-8-5-3-2-4-6-8;/h2-7,9H,1H3;1H4. The average Bonchev–Trinajstić information content (AvgIpc) is 1.88. The monoisotopic (exact) mass is 154 g/mol. The number of benzene rings is 1. The van der Waals surface area contributed by atoms with Crippen LogP contribution in [0.5, 0.6) is 5.75 Å². The van der Waals surface area contributed by atoms with Gasteiger partial charge in [0.2, 0.25) is 0 Å². The Kier molecular flexibility index (Phi) is 4.30. The summed E-state index contributed by atoms with van der Waals surface area (Å²) in [5, 5.41) is 8.78. The highest BCUT2D eigenvalue weighted by atomic mass is 16.6. The highest BCUT2D eigenvalue weighted by molar-refractivity contribution is 5.20. The van der Waals surface area contributed by atoms with Crippen molar-refractivity contribution in [1.29, 1.82) is 0 Å². The average molecular weight is 154 g/mol. The third kappa shape index (κ3) is 3.63. The zero-order valence-electron chi connectivity index (χ0n) is 5.82. The second-order valence-electron chi connectivity index (χ2n) is 2.03. The number of aliphatic hydroxyl groups is 1. The molecular formula is C9H14O2. The third-order valence-electron chi connectivity index (χ3n) is 1.05. The lowest BCUT2D eigenvalue weighted by Crippen LogP contribution is -2.08. The van der Waals surface area contributed by atoms with E-state index in [2.05, 4.69) is 0 Å². The molecule has 0 saturated heterocycles. The molecule has 1 aromatic carbocycles. The van der Waals surface area contributed by atoms with E-state index in [9.17, 15) is 0 Å². The van der Waals surface area contributed by atoms with Crippen molar-refractivity contribution in [3.05, 3.63) is 30.3 Å². The molecule has 62 valence electrons. The third-order valence-corrected chi connectivity index (χ3v) is 1.05.